The van der Waals surface area contributed by atoms with Crippen LogP contribution in [-0.2, 0) is 10.0 Å². The van der Waals surface area contributed by atoms with E-state index < -0.39 is 10.0 Å². The SMILES string of the molecule is O=C(c1ccc(C2SCCS2)cc1)N1CCN(S(=O)(=O)c2cccs2)CC1. The van der Waals surface area contributed by atoms with E-state index in [1.165, 1.54) is 32.7 Å². The summed E-state index contributed by atoms with van der Waals surface area (Å²) in [5.74, 6) is 2.32. The molecule has 0 N–H and O–H groups in total. The standard InChI is InChI=1S/C18H20N2O3S4/c21-17(14-3-5-15(6-4-14)18-25-12-13-26-18)19-7-9-20(10-8-19)27(22,23)16-2-1-11-24-16/h1-6,11,18H,7-10,12-13H2. The van der Waals surface area contributed by atoms with Gasteiger partial charge >= 0.3 is 0 Å². The molecule has 4 rings (SSSR count). The first-order valence-electron chi connectivity index (χ1n) is 8.72. The Morgan fingerprint density at radius 1 is 0.963 bits per heavy atom. The van der Waals surface area contributed by atoms with Gasteiger partial charge in [-0.15, -0.1) is 34.9 Å². The second-order valence-electron chi connectivity index (χ2n) is 6.32. The van der Waals surface area contributed by atoms with E-state index in [1.807, 2.05) is 47.8 Å². The molecule has 0 spiro atoms. The Balaban J connectivity index is 1.38. The minimum Gasteiger partial charge on any atom is -0.336 e. The molecule has 3 heterocycles. The Kier molecular flexibility index (Phi) is 5.84. The van der Waals surface area contributed by atoms with Crippen LogP contribution in [0.25, 0.3) is 0 Å². The van der Waals surface area contributed by atoms with Gasteiger partial charge in [-0.1, -0.05) is 18.2 Å². The monoisotopic (exact) mass is 440 g/mol. The van der Waals surface area contributed by atoms with Gasteiger partial charge < -0.3 is 4.90 Å². The van der Waals surface area contributed by atoms with E-state index in [9.17, 15) is 13.2 Å². The summed E-state index contributed by atoms with van der Waals surface area (Å²) in [6, 6.07) is 11.2. The summed E-state index contributed by atoms with van der Waals surface area (Å²) in [6.07, 6.45) is 0. The molecule has 9 heteroatoms. The molecule has 0 atom stereocenters. The normalized spacial score (nSPS) is 19.5. The van der Waals surface area contributed by atoms with Crippen LogP contribution in [0.1, 0.15) is 20.5 Å². The number of piperazine rings is 1. The number of benzene rings is 1. The zero-order valence-corrected chi connectivity index (χ0v) is 17.9. The van der Waals surface area contributed by atoms with Crippen LogP contribution in [0.2, 0.25) is 0 Å². The van der Waals surface area contributed by atoms with Crippen molar-refractivity contribution < 1.29 is 13.2 Å². The maximum absolute atomic E-state index is 12.8. The topological polar surface area (TPSA) is 57.7 Å². The molecule has 1 aromatic heterocycles. The third-order valence-electron chi connectivity index (χ3n) is 4.67. The van der Waals surface area contributed by atoms with Crippen molar-refractivity contribution in [1.29, 1.82) is 0 Å². The molecule has 0 bridgehead atoms. The summed E-state index contributed by atoms with van der Waals surface area (Å²) >= 11 is 5.12. The van der Waals surface area contributed by atoms with Gasteiger partial charge in [-0.25, -0.2) is 8.42 Å². The number of carbonyl (C=O) groups excluding carboxylic acids is 1. The molecule has 1 amide bonds. The highest BCUT2D eigenvalue weighted by molar-refractivity contribution is 8.19. The summed E-state index contributed by atoms with van der Waals surface area (Å²) in [7, 11) is -3.44. The number of thiophene rings is 1. The molecule has 0 aliphatic carbocycles. The van der Waals surface area contributed by atoms with E-state index in [-0.39, 0.29) is 5.91 Å². The molecule has 1 aromatic carbocycles. The summed E-state index contributed by atoms with van der Waals surface area (Å²) < 4.78 is 27.5. The largest absolute Gasteiger partial charge is 0.336 e. The molecule has 2 fully saturated rings. The van der Waals surface area contributed by atoms with Gasteiger partial charge in [0.15, 0.2) is 0 Å². The van der Waals surface area contributed by atoms with Crippen LogP contribution >= 0.6 is 34.9 Å². The van der Waals surface area contributed by atoms with E-state index in [4.69, 9.17) is 0 Å². The number of sulfonamides is 1. The van der Waals surface area contributed by atoms with Crippen LogP contribution < -0.4 is 0 Å². The molecule has 2 aromatic rings. The quantitative estimate of drug-likeness (QED) is 0.730. The summed E-state index contributed by atoms with van der Waals surface area (Å²) in [5.41, 5.74) is 1.92. The van der Waals surface area contributed by atoms with E-state index in [1.54, 1.807) is 22.4 Å². The highest BCUT2D eigenvalue weighted by atomic mass is 32.2. The van der Waals surface area contributed by atoms with Gasteiger partial charge in [0.1, 0.15) is 4.21 Å². The third kappa shape index (κ3) is 4.07. The highest BCUT2D eigenvalue weighted by Crippen LogP contribution is 2.45. The molecule has 144 valence electrons. The number of carbonyl (C=O) groups is 1. The number of rotatable bonds is 4. The predicted molar refractivity (Wildman–Crippen MR) is 113 cm³/mol. The number of hydrogen-bond acceptors (Lipinski definition) is 6. The van der Waals surface area contributed by atoms with Gasteiger partial charge in [0.25, 0.3) is 15.9 Å². The van der Waals surface area contributed by atoms with Gasteiger partial charge in [0, 0.05) is 43.2 Å². The van der Waals surface area contributed by atoms with Crippen molar-refractivity contribution in [2.45, 2.75) is 8.79 Å². The first-order chi connectivity index (χ1) is 13.1. The average Bonchev–Trinajstić information content (AvgIpc) is 3.42. The minimum atomic E-state index is -3.44. The van der Waals surface area contributed by atoms with E-state index in [0.717, 1.165) is 0 Å². The van der Waals surface area contributed by atoms with Crippen LogP contribution in [0.4, 0.5) is 0 Å². The lowest BCUT2D eigenvalue weighted by Crippen LogP contribution is -2.50. The lowest BCUT2D eigenvalue weighted by Gasteiger charge is -2.33. The number of thioether (sulfide) groups is 2. The van der Waals surface area contributed by atoms with E-state index >= 15 is 0 Å². The molecule has 2 aliphatic rings. The zero-order valence-electron chi connectivity index (χ0n) is 14.6. The Labute approximate surface area is 172 Å². The van der Waals surface area contributed by atoms with Crippen molar-refractivity contribution >= 4 is 50.8 Å². The van der Waals surface area contributed by atoms with E-state index in [0.29, 0.717) is 40.5 Å². The summed E-state index contributed by atoms with van der Waals surface area (Å²) in [6.45, 7) is 1.50. The molecule has 0 unspecified atom stereocenters. The Morgan fingerprint density at radius 3 is 2.22 bits per heavy atom. The second-order valence-corrected chi connectivity index (χ2v) is 12.2. The van der Waals surface area contributed by atoms with Gasteiger partial charge in [0.2, 0.25) is 0 Å². The van der Waals surface area contributed by atoms with Crippen molar-refractivity contribution in [3.05, 3.63) is 52.9 Å². The van der Waals surface area contributed by atoms with Crippen LogP contribution in [-0.4, -0.2) is 61.2 Å². The lowest BCUT2D eigenvalue weighted by molar-refractivity contribution is 0.0698. The van der Waals surface area contributed by atoms with Crippen molar-refractivity contribution in [1.82, 2.24) is 9.21 Å². The smallest absolute Gasteiger partial charge is 0.253 e. The van der Waals surface area contributed by atoms with Crippen molar-refractivity contribution in [2.24, 2.45) is 0 Å². The van der Waals surface area contributed by atoms with Crippen molar-refractivity contribution in [2.75, 3.05) is 37.7 Å². The molecule has 2 saturated heterocycles. The highest BCUT2D eigenvalue weighted by Gasteiger charge is 2.31. The maximum atomic E-state index is 12.8. The molecule has 2 aliphatic heterocycles. The molecule has 0 radical (unpaired) electrons. The Morgan fingerprint density at radius 2 is 1.63 bits per heavy atom. The number of nitrogens with zero attached hydrogens (tertiary/aromatic N) is 2. The van der Waals surface area contributed by atoms with Crippen LogP contribution in [0, 0.1) is 0 Å². The summed E-state index contributed by atoms with van der Waals surface area (Å²) in [5, 5.41) is 1.76. The zero-order chi connectivity index (χ0) is 18.9. The molecule has 5 nitrogen and oxygen atoms in total. The van der Waals surface area contributed by atoms with Gasteiger partial charge in [-0.2, -0.15) is 4.31 Å². The van der Waals surface area contributed by atoms with Crippen molar-refractivity contribution in [3.63, 3.8) is 0 Å². The molecule has 27 heavy (non-hydrogen) atoms. The fourth-order valence-electron chi connectivity index (χ4n) is 3.19. The fraction of sp³-hybridized carbons (Fsp3) is 0.389. The van der Waals surface area contributed by atoms with Gasteiger partial charge in [-0.05, 0) is 29.1 Å². The minimum absolute atomic E-state index is 0.0264. The molecular weight excluding hydrogens is 420 g/mol. The third-order valence-corrected chi connectivity index (χ3v) is 11.0. The first-order valence-corrected chi connectivity index (χ1v) is 13.1. The van der Waals surface area contributed by atoms with Crippen LogP contribution in [0.3, 0.4) is 0 Å². The van der Waals surface area contributed by atoms with E-state index in [2.05, 4.69) is 0 Å². The first kappa shape index (κ1) is 19.3. The lowest BCUT2D eigenvalue weighted by atomic mass is 10.1. The average molecular weight is 441 g/mol. The maximum Gasteiger partial charge on any atom is 0.253 e. The Bertz CT molecular complexity index is 883. The second kappa shape index (κ2) is 8.16. The van der Waals surface area contributed by atoms with Gasteiger partial charge in [0.05, 0.1) is 4.58 Å². The Hall–Kier alpha value is -1.00. The number of amides is 1. The van der Waals surface area contributed by atoms with Crippen LogP contribution in [0.15, 0.2) is 46.0 Å². The predicted octanol–water partition coefficient (Wildman–Crippen LogP) is 3.37. The molecule has 0 saturated carbocycles. The fourth-order valence-corrected chi connectivity index (χ4v) is 8.61. The molecular formula is C18H20N2O3S4. The van der Waals surface area contributed by atoms with Crippen molar-refractivity contribution in [3.8, 4) is 0 Å². The van der Waals surface area contributed by atoms with Crippen LogP contribution in [0.5, 0.6) is 0 Å². The summed E-state index contributed by atoms with van der Waals surface area (Å²) in [4.78, 5) is 14.5. The number of hydrogen-bond donors (Lipinski definition) is 0. The van der Waals surface area contributed by atoms with Gasteiger partial charge in [-0.3, -0.25) is 4.79 Å².